The highest BCUT2D eigenvalue weighted by atomic mass is 16.5. The van der Waals surface area contributed by atoms with E-state index < -0.39 is 0 Å². The van der Waals surface area contributed by atoms with Crippen LogP contribution in [0.1, 0.15) is 18.3 Å². The zero-order valence-electron chi connectivity index (χ0n) is 9.66. The minimum absolute atomic E-state index is 0.294. The zero-order valence-corrected chi connectivity index (χ0v) is 9.66. The first-order chi connectivity index (χ1) is 7.26. The van der Waals surface area contributed by atoms with Gasteiger partial charge < -0.3 is 10.1 Å². The van der Waals surface area contributed by atoms with Crippen molar-refractivity contribution in [3.63, 3.8) is 0 Å². The van der Waals surface area contributed by atoms with E-state index in [1.807, 2.05) is 19.3 Å². The second kappa shape index (κ2) is 6.48. The Morgan fingerprint density at radius 3 is 2.60 bits per heavy atom. The van der Waals surface area contributed by atoms with E-state index in [1.54, 1.807) is 7.11 Å². The fourth-order valence-electron chi connectivity index (χ4n) is 1.42. The lowest BCUT2D eigenvalue weighted by atomic mass is 10.2. The minimum atomic E-state index is 0.294. The molecule has 0 aliphatic carbocycles. The molecule has 1 aromatic heterocycles. The number of likely N-dealkylation sites (N-methyl/N-ethyl adjacent to an activating group) is 1. The Morgan fingerprint density at radius 1 is 1.40 bits per heavy atom. The average Bonchev–Trinajstić information content (AvgIpc) is 2.22. The number of aryl methyl sites for hydroxylation is 1. The van der Waals surface area contributed by atoms with Gasteiger partial charge in [-0.1, -0.05) is 6.92 Å². The van der Waals surface area contributed by atoms with Crippen LogP contribution in [-0.4, -0.2) is 36.3 Å². The molecule has 0 saturated heterocycles. The van der Waals surface area contributed by atoms with Gasteiger partial charge in [0.05, 0.1) is 6.61 Å². The summed E-state index contributed by atoms with van der Waals surface area (Å²) < 4.78 is 5.13. The van der Waals surface area contributed by atoms with Crippen LogP contribution in [0.15, 0.2) is 12.4 Å². The predicted molar refractivity (Wildman–Crippen MR) is 59.8 cm³/mol. The molecule has 4 heteroatoms. The molecule has 0 bridgehead atoms. The molecule has 4 nitrogen and oxygen atoms in total. The van der Waals surface area contributed by atoms with Gasteiger partial charge in [-0.2, -0.15) is 0 Å². The number of ether oxygens (including phenoxy) is 1. The van der Waals surface area contributed by atoms with E-state index >= 15 is 0 Å². The van der Waals surface area contributed by atoms with E-state index in [-0.39, 0.29) is 0 Å². The first-order valence-electron chi connectivity index (χ1n) is 5.26. The summed E-state index contributed by atoms with van der Waals surface area (Å²) in [5.74, 6) is 0.864. The van der Waals surface area contributed by atoms with Crippen molar-refractivity contribution in [2.24, 2.45) is 0 Å². The third-order valence-corrected chi connectivity index (χ3v) is 2.12. The van der Waals surface area contributed by atoms with Gasteiger partial charge >= 0.3 is 0 Å². The Morgan fingerprint density at radius 2 is 2.07 bits per heavy atom. The molecule has 1 unspecified atom stereocenters. The van der Waals surface area contributed by atoms with Crippen LogP contribution in [0.2, 0.25) is 0 Å². The van der Waals surface area contributed by atoms with Crippen molar-refractivity contribution >= 4 is 0 Å². The lowest BCUT2D eigenvalue weighted by Gasteiger charge is -2.15. The summed E-state index contributed by atoms with van der Waals surface area (Å²) in [6.45, 7) is 5.68. The van der Waals surface area contributed by atoms with Gasteiger partial charge in [0.25, 0.3) is 0 Å². The number of hydrogen-bond acceptors (Lipinski definition) is 4. The van der Waals surface area contributed by atoms with Crippen molar-refractivity contribution in [2.45, 2.75) is 26.3 Å². The molecule has 1 aromatic rings. The Balaban J connectivity index is 2.53. The molecule has 1 heterocycles. The molecule has 0 saturated carbocycles. The van der Waals surface area contributed by atoms with Crippen LogP contribution in [0.3, 0.4) is 0 Å². The smallest absolute Gasteiger partial charge is 0.129 e. The number of methoxy groups -OCH3 is 1. The van der Waals surface area contributed by atoms with E-state index in [0.29, 0.717) is 12.6 Å². The second-order valence-electron chi connectivity index (χ2n) is 3.59. The summed E-state index contributed by atoms with van der Waals surface area (Å²) in [5.41, 5.74) is 1.09. The van der Waals surface area contributed by atoms with Crippen molar-refractivity contribution in [1.82, 2.24) is 15.3 Å². The second-order valence-corrected chi connectivity index (χ2v) is 3.59. The molecule has 0 aliphatic heterocycles. The zero-order chi connectivity index (χ0) is 11.1. The van der Waals surface area contributed by atoms with Gasteiger partial charge in [-0.05, 0) is 19.0 Å². The molecular weight excluding hydrogens is 190 g/mol. The van der Waals surface area contributed by atoms with Gasteiger partial charge in [-0.25, -0.2) is 9.97 Å². The topological polar surface area (TPSA) is 47.0 Å². The average molecular weight is 209 g/mol. The molecule has 0 amide bonds. The summed E-state index contributed by atoms with van der Waals surface area (Å²) in [7, 11) is 1.71. The summed E-state index contributed by atoms with van der Waals surface area (Å²) in [4.78, 5) is 8.55. The molecule has 0 aliphatic rings. The highest BCUT2D eigenvalue weighted by Gasteiger charge is 2.09. The first-order valence-corrected chi connectivity index (χ1v) is 5.26. The highest BCUT2D eigenvalue weighted by Crippen LogP contribution is 1.98. The third kappa shape index (κ3) is 4.36. The van der Waals surface area contributed by atoms with Crippen LogP contribution in [0.5, 0.6) is 0 Å². The van der Waals surface area contributed by atoms with Crippen LogP contribution in [0.4, 0.5) is 0 Å². The summed E-state index contributed by atoms with van der Waals surface area (Å²) in [6, 6.07) is 0.294. The Kier molecular flexibility index (Phi) is 5.21. The first kappa shape index (κ1) is 12.1. The van der Waals surface area contributed by atoms with Crippen molar-refractivity contribution in [3.05, 3.63) is 23.8 Å². The number of nitrogens with zero attached hydrogens (tertiary/aromatic N) is 2. The van der Waals surface area contributed by atoms with E-state index in [2.05, 4.69) is 22.2 Å². The minimum Gasteiger partial charge on any atom is -0.383 e. The molecule has 15 heavy (non-hydrogen) atoms. The Labute approximate surface area is 91.1 Å². The number of aromatic nitrogens is 2. The van der Waals surface area contributed by atoms with E-state index in [1.165, 1.54) is 0 Å². The van der Waals surface area contributed by atoms with E-state index in [0.717, 1.165) is 24.4 Å². The van der Waals surface area contributed by atoms with Gasteiger partial charge in [-0.3, -0.25) is 0 Å². The largest absolute Gasteiger partial charge is 0.383 e. The summed E-state index contributed by atoms with van der Waals surface area (Å²) in [5, 5.41) is 3.34. The molecule has 0 radical (unpaired) electrons. The van der Waals surface area contributed by atoms with Crippen molar-refractivity contribution in [3.8, 4) is 0 Å². The van der Waals surface area contributed by atoms with Gasteiger partial charge in [-0.15, -0.1) is 0 Å². The van der Waals surface area contributed by atoms with Crippen LogP contribution in [0.25, 0.3) is 0 Å². The van der Waals surface area contributed by atoms with Crippen molar-refractivity contribution < 1.29 is 4.74 Å². The normalized spacial score (nSPS) is 12.7. The van der Waals surface area contributed by atoms with Gasteiger partial charge in [0, 0.05) is 32.0 Å². The highest BCUT2D eigenvalue weighted by molar-refractivity contribution is 5.02. The summed E-state index contributed by atoms with van der Waals surface area (Å²) >= 11 is 0. The SMILES string of the molecule is CCNC(COC)Cc1ncc(C)cn1. The lowest BCUT2D eigenvalue weighted by Crippen LogP contribution is -2.35. The van der Waals surface area contributed by atoms with Crippen molar-refractivity contribution in [2.75, 3.05) is 20.3 Å². The van der Waals surface area contributed by atoms with Crippen molar-refractivity contribution in [1.29, 1.82) is 0 Å². The monoisotopic (exact) mass is 209 g/mol. The molecule has 84 valence electrons. The number of rotatable bonds is 6. The number of nitrogens with one attached hydrogen (secondary N) is 1. The van der Waals surface area contributed by atoms with Crippen LogP contribution in [-0.2, 0) is 11.2 Å². The third-order valence-electron chi connectivity index (χ3n) is 2.12. The molecule has 0 fully saturated rings. The van der Waals surface area contributed by atoms with Crippen LogP contribution < -0.4 is 5.32 Å². The van der Waals surface area contributed by atoms with Crippen LogP contribution >= 0.6 is 0 Å². The Bertz CT molecular complexity index is 268. The molecule has 0 aromatic carbocycles. The van der Waals surface area contributed by atoms with Gasteiger partial charge in [0.2, 0.25) is 0 Å². The standard InChI is InChI=1S/C11H19N3O/c1-4-12-10(8-15-3)5-11-13-6-9(2)7-14-11/h6-7,10,12H,4-5,8H2,1-3H3. The maximum absolute atomic E-state index is 5.13. The van der Waals surface area contributed by atoms with Crippen LogP contribution in [0, 0.1) is 6.92 Å². The fraction of sp³-hybridized carbons (Fsp3) is 0.636. The van der Waals surface area contributed by atoms with E-state index in [4.69, 9.17) is 4.74 Å². The van der Waals surface area contributed by atoms with E-state index in [9.17, 15) is 0 Å². The fourth-order valence-corrected chi connectivity index (χ4v) is 1.42. The number of hydrogen-bond donors (Lipinski definition) is 1. The van der Waals surface area contributed by atoms with Gasteiger partial charge in [0.1, 0.15) is 5.82 Å². The van der Waals surface area contributed by atoms with Gasteiger partial charge in [0.15, 0.2) is 0 Å². The molecular formula is C11H19N3O. The maximum Gasteiger partial charge on any atom is 0.129 e. The lowest BCUT2D eigenvalue weighted by molar-refractivity contribution is 0.166. The quantitative estimate of drug-likeness (QED) is 0.758. The Hall–Kier alpha value is -1.00. The molecule has 0 spiro atoms. The molecule has 1 N–H and O–H groups in total. The molecule has 1 atom stereocenters. The maximum atomic E-state index is 5.13. The molecule has 1 rings (SSSR count). The predicted octanol–water partition coefficient (Wildman–Crippen LogP) is 0.952. The summed E-state index contributed by atoms with van der Waals surface area (Å²) in [6.07, 6.45) is 4.50.